The van der Waals surface area contributed by atoms with Gasteiger partial charge >= 0.3 is 0 Å². The molecule has 2 aromatic rings. The van der Waals surface area contributed by atoms with Crippen molar-refractivity contribution >= 4 is 11.6 Å². The summed E-state index contributed by atoms with van der Waals surface area (Å²) in [5.41, 5.74) is 2.05. The van der Waals surface area contributed by atoms with Crippen molar-refractivity contribution in [1.29, 1.82) is 0 Å². The summed E-state index contributed by atoms with van der Waals surface area (Å²) in [6.45, 7) is 2.90. The van der Waals surface area contributed by atoms with Gasteiger partial charge in [-0.25, -0.2) is 4.39 Å². The number of ether oxygens (including phenoxy) is 3. The van der Waals surface area contributed by atoms with E-state index >= 15 is 0 Å². The van der Waals surface area contributed by atoms with Crippen LogP contribution >= 0.6 is 11.6 Å². The van der Waals surface area contributed by atoms with Crippen LogP contribution in [0.3, 0.4) is 0 Å². The Balaban J connectivity index is 1.33. The lowest BCUT2D eigenvalue weighted by molar-refractivity contribution is -0.134. The van der Waals surface area contributed by atoms with E-state index in [0.29, 0.717) is 43.7 Å². The van der Waals surface area contributed by atoms with Crippen LogP contribution in [0, 0.1) is 0 Å². The van der Waals surface area contributed by atoms with E-state index in [1.807, 2.05) is 43.3 Å². The SMILES string of the molecule is CC1CC(O)CC(c2ccc(Cl)c(Cc3ccc(OCCCC4(F)COC4)cc3)c2)O1. The molecule has 0 aliphatic carbocycles. The fourth-order valence-corrected chi connectivity index (χ4v) is 4.42. The van der Waals surface area contributed by atoms with Crippen molar-refractivity contribution in [2.75, 3.05) is 19.8 Å². The van der Waals surface area contributed by atoms with E-state index in [1.54, 1.807) is 0 Å². The maximum absolute atomic E-state index is 13.9. The molecule has 0 saturated carbocycles. The van der Waals surface area contributed by atoms with Gasteiger partial charge in [-0.05, 0) is 67.5 Å². The second-order valence-electron chi connectivity index (χ2n) is 8.83. The summed E-state index contributed by atoms with van der Waals surface area (Å²) in [5, 5.41) is 10.8. The van der Waals surface area contributed by atoms with Gasteiger partial charge in [0.1, 0.15) is 5.75 Å². The van der Waals surface area contributed by atoms with Gasteiger partial charge in [0, 0.05) is 11.4 Å². The van der Waals surface area contributed by atoms with Gasteiger partial charge in [0.05, 0.1) is 38.1 Å². The molecule has 2 aliphatic heterocycles. The van der Waals surface area contributed by atoms with Crippen LogP contribution in [-0.2, 0) is 15.9 Å². The van der Waals surface area contributed by atoms with E-state index < -0.39 is 5.67 Å². The van der Waals surface area contributed by atoms with Crippen molar-refractivity contribution in [2.24, 2.45) is 0 Å². The summed E-state index contributed by atoms with van der Waals surface area (Å²) in [5.74, 6) is 0.778. The lowest BCUT2D eigenvalue weighted by atomic mass is 9.94. The highest BCUT2D eigenvalue weighted by Crippen LogP contribution is 2.34. The van der Waals surface area contributed by atoms with Crippen LogP contribution in [0.25, 0.3) is 0 Å². The molecule has 31 heavy (non-hydrogen) atoms. The highest BCUT2D eigenvalue weighted by atomic mass is 35.5. The maximum Gasteiger partial charge on any atom is 0.157 e. The number of benzene rings is 2. The van der Waals surface area contributed by atoms with Crippen molar-refractivity contribution < 1.29 is 23.7 Å². The van der Waals surface area contributed by atoms with Gasteiger partial charge in [0.25, 0.3) is 0 Å². The Hall–Kier alpha value is -1.66. The van der Waals surface area contributed by atoms with Crippen LogP contribution in [0.15, 0.2) is 42.5 Å². The molecule has 0 aromatic heterocycles. The summed E-state index contributed by atoms with van der Waals surface area (Å²) in [6.07, 6.45) is 2.71. The standard InChI is InChI=1S/C25H30ClFO4/c1-17-11-21(28)14-24(31-17)19-5-8-23(26)20(13-19)12-18-3-6-22(7-4-18)30-10-2-9-25(27)15-29-16-25/h3-8,13,17,21,24,28H,2,9-12,14-16H2,1H3. The molecule has 2 saturated heterocycles. The smallest absolute Gasteiger partial charge is 0.157 e. The van der Waals surface area contributed by atoms with E-state index in [-0.39, 0.29) is 31.5 Å². The molecule has 1 N–H and O–H groups in total. The van der Waals surface area contributed by atoms with Crippen LogP contribution in [-0.4, -0.2) is 42.8 Å². The fourth-order valence-electron chi connectivity index (χ4n) is 4.23. The number of halogens is 2. The van der Waals surface area contributed by atoms with Crippen LogP contribution in [0.2, 0.25) is 5.02 Å². The third kappa shape index (κ3) is 5.98. The van der Waals surface area contributed by atoms with Crippen molar-refractivity contribution in [2.45, 2.75) is 63.0 Å². The van der Waals surface area contributed by atoms with E-state index in [4.69, 9.17) is 25.8 Å². The Bertz CT molecular complexity index is 858. The molecule has 0 spiro atoms. The average molecular weight is 449 g/mol. The Morgan fingerprint density at radius 3 is 2.61 bits per heavy atom. The molecule has 0 amide bonds. The third-order valence-corrected chi connectivity index (χ3v) is 6.37. The largest absolute Gasteiger partial charge is 0.494 e. The van der Waals surface area contributed by atoms with Crippen LogP contribution < -0.4 is 4.74 Å². The normalized spacial score (nSPS) is 25.1. The molecular weight excluding hydrogens is 419 g/mol. The monoisotopic (exact) mass is 448 g/mol. The van der Waals surface area contributed by atoms with Gasteiger partial charge in [-0.1, -0.05) is 35.9 Å². The fraction of sp³-hybridized carbons (Fsp3) is 0.520. The number of hydrogen-bond donors (Lipinski definition) is 1. The van der Waals surface area contributed by atoms with Gasteiger partial charge in [-0.2, -0.15) is 0 Å². The van der Waals surface area contributed by atoms with Crippen molar-refractivity contribution in [3.8, 4) is 5.75 Å². The van der Waals surface area contributed by atoms with Gasteiger partial charge in [-0.3, -0.25) is 0 Å². The van der Waals surface area contributed by atoms with Gasteiger partial charge in [0.15, 0.2) is 5.67 Å². The summed E-state index contributed by atoms with van der Waals surface area (Å²) in [7, 11) is 0. The van der Waals surface area contributed by atoms with Crippen molar-refractivity contribution in [1.82, 2.24) is 0 Å². The lowest BCUT2D eigenvalue weighted by Crippen LogP contribution is -2.45. The molecule has 168 valence electrons. The topological polar surface area (TPSA) is 47.9 Å². The molecule has 2 fully saturated rings. The minimum atomic E-state index is -1.15. The zero-order valence-corrected chi connectivity index (χ0v) is 18.6. The van der Waals surface area contributed by atoms with Crippen LogP contribution in [0.1, 0.15) is 55.4 Å². The molecule has 0 radical (unpaired) electrons. The van der Waals surface area contributed by atoms with E-state index in [9.17, 15) is 9.50 Å². The predicted octanol–water partition coefficient (Wildman–Crippen LogP) is 5.43. The zero-order valence-electron chi connectivity index (χ0n) is 17.9. The molecule has 3 atom stereocenters. The number of hydrogen-bond acceptors (Lipinski definition) is 4. The molecule has 3 unspecified atom stereocenters. The second-order valence-corrected chi connectivity index (χ2v) is 9.24. The summed E-state index contributed by atoms with van der Waals surface area (Å²) in [6, 6.07) is 13.9. The quantitative estimate of drug-likeness (QED) is 0.547. The first-order chi connectivity index (χ1) is 14.9. The summed E-state index contributed by atoms with van der Waals surface area (Å²) in [4.78, 5) is 0. The summed E-state index contributed by atoms with van der Waals surface area (Å²) >= 11 is 6.46. The number of aliphatic hydroxyl groups excluding tert-OH is 1. The van der Waals surface area contributed by atoms with Gasteiger partial charge in [-0.15, -0.1) is 0 Å². The minimum absolute atomic E-state index is 0.0397. The number of aliphatic hydroxyl groups is 1. The van der Waals surface area contributed by atoms with Crippen LogP contribution in [0.4, 0.5) is 4.39 Å². The Kier molecular flexibility index (Phi) is 7.17. The highest BCUT2D eigenvalue weighted by molar-refractivity contribution is 6.31. The molecular formula is C25H30ClFO4. The van der Waals surface area contributed by atoms with Crippen molar-refractivity contribution in [3.63, 3.8) is 0 Å². The molecule has 6 heteroatoms. The highest BCUT2D eigenvalue weighted by Gasteiger charge is 2.37. The average Bonchev–Trinajstić information content (AvgIpc) is 2.72. The van der Waals surface area contributed by atoms with E-state index in [2.05, 4.69) is 6.07 Å². The molecule has 4 rings (SSSR count). The maximum atomic E-state index is 13.9. The van der Waals surface area contributed by atoms with Gasteiger partial charge < -0.3 is 19.3 Å². The van der Waals surface area contributed by atoms with E-state index in [0.717, 1.165) is 22.4 Å². The number of alkyl halides is 1. The zero-order chi connectivity index (χ0) is 21.8. The molecule has 2 aromatic carbocycles. The first kappa shape index (κ1) is 22.5. The molecule has 4 nitrogen and oxygen atoms in total. The predicted molar refractivity (Wildman–Crippen MR) is 119 cm³/mol. The third-order valence-electron chi connectivity index (χ3n) is 6.01. The van der Waals surface area contributed by atoms with E-state index in [1.165, 1.54) is 0 Å². The first-order valence-corrected chi connectivity index (χ1v) is 11.4. The molecule has 2 heterocycles. The van der Waals surface area contributed by atoms with Gasteiger partial charge in [0.2, 0.25) is 0 Å². The minimum Gasteiger partial charge on any atom is -0.494 e. The number of rotatable bonds is 8. The van der Waals surface area contributed by atoms with Crippen molar-refractivity contribution in [3.05, 3.63) is 64.2 Å². The molecule has 2 aliphatic rings. The Labute approximate surface area is 188 Å². The Morgan fingerprint density at radius 2 is 1.94 bits per heavy atom. The van der Waals surface area contributed by atoms with Crippen LogP contribution in [0.5, 0.6) is 5.75 Å². The second kappa shape index (κ2) is 9.86. The Morgan fingerprint density at radius 1 is 1.16 bits per heavy atom. The molecule has 0 bridgehead atoms. The summed E-state index contributed by atoms with van der Waals surface area (Å²) < 4.78 is 30.6. The first-order valence-electron chi connectivity index (χ1n) is 11.0. The lowest BCUT2D eigenvalue weighted by Gasteiger charge is -2.33.